The van der Waals surface area contributed by atoms with Crippen LogP contribution in [0.5, 0.6) is 0 Å². The van der Waals surface area contributed by atoms with E-state index in [-0.39, 0.29) is 11.9 Å². The number of carbonyl (C=O) groups excluding carboxylic acids is 1. The first-order valence-corrected chi connectivity index (χ1v) is 8.33. The van der Waals surface area contributed by atoms with E-state index in [0.717, 1.165) is 9.13 Å². The van der Waals surface area contributed by atoms with Crippen molar-refractivity contribution in [1.82, 2.24) is 4.90 Å². The van der Waals surface area contributed by atoms with Crippen LogP contribution >= 0.6 is 34.2 Å². The van der Waals surface area contributed by atoms with Gasteiger partial charge < -0.3 is 4.90 Å². The van der Waals surface area contributed by atoms with E-state index in [1.54, 1.807) is 0 Å². The van der Waals surface area contributed by atoms with Crippen LogP contribution < -0.4 is 0 Å². The lowest BCUT2D eigenvalue weighted by Crippen LogP contribution is -2.29. The average molecular weight is 412 g/mol. The maximum Gasteiger partial charge on any atom is 0.227 e. The smallest absolute Gasteiger partial charge is 0.227 e. The largest absolute Gasteiger partial charge is 0.331 e. The second-order valence-corrected chi connectivity index (χ2v) is 6.84. The molecule has 1 aliphatic heterocycles. The maximum atomic E-state index is 12.7. The zero-order valence-corrected chi connectivity index (χ0v) is 14.6. The first kappa shape index (κ1) is 14.9. The number of benzene rings is 2. The lowest BCUT2D eigenvalue weighted by Gasteiger charge is -2.22. The standard InChI is InChI=1S/C17H15ClINO/c1-11-13-6-3-2-5-12(13)10-20(11)17(21)9-14-15(18)7-4-8-16(14)19/h2-8,11H,9-10H2,1H3. The Hall–Kier alpha value is -1.07. The maximum absolute atomic E-state index is 12.7. The number of hydrogen-bond acceptors (Lipinski definition) is 1. The van der Waals surface area contributed by atoms with Gasteiger partial charge >= 0.3 is 0 Å². The van der Waals surface area contributed by atoms with Crippen molar-refractivity contribution in [2.45, 2.75) is 25.9 Å². The summed E-state index contributed by atoms with van der Waals surface area (Å²) in [5, 5.41) is 0.666. The van der Waals surface area contributed by atoms with Crippen LogP contribution in [0.3, 0.4) is 0 Å². The topological polar surface area (TPSA) is 20.3 Å². The highest BCUT2D eigenvalue weighted by Gasteiger charge is 2.30. The van der Waals surface area contributed by atoms with Gasteiger partial charge in [-0.1, -0.05) is 41.9 Å². The highest BCUT2D eigenvalue weighted by Crippen LogP contribution is 2.34. The molecule has 4 heteroatoms. The molecular formula is C17H15ClINO. The molecule has 2 aromatic rings. The summed E-state index contributed by atoms with van der Waals surface area (Å²) in [7, 11) is 0. The Labute approximate surface area is 143 Å². The summed E-state index contributed by atoms with van der Waals surface area (Å²) < 4.78 is 1.04. The van der Waals surface area contributed by atoms with Crippen LogP contribution in [0.1, 0.15) is 29.7 Å². The van der Waals surface area contributed by atoms with Crippen molar-refractivity contribution < 1.29 is 4.79 Å². The van der Waals surface area contributed by atoms with Crippen LogP contribution in [0.2, 0.25) is 5.02 Å². The van der Waals surface area contributed by atoms with E-state index in [9.17, 15) is 4.79 Å². The van der Waals surface area contributed by atoms with E-state index in [4.69, 9.17) is 11.6 Å². The zero-order chi connectivity index (χ0) is 15.0. The van der Waals surface area contributed by atoms with E-state index in [0.29, 0.717) is 18.0 Å². The monoisotopic (exact) mass is 411 g/mol. The van der Waals surface area contributed by atoms with Gasteiger partial charge in [0.15, 0.2) is 0 Å². The van der Waals surface area contributed by atoms with Crippen molar-refractivity contribution in [3.05, 3.63) is 67.7 Å². The third kappa shape index (κ3) is 2.81. The minimum atomic E-state index is 0.129. The molecule has 2 aromatic carbocycles. The highest BCUT2D eigenvalue weighted by molar-refractivity contribution is 14.1. The summed E-state index contributed by atoms with van der Waals surface area (Å²) in [6.07, 6.45) is 0.357. The Morgan fingerprint density at radius 2 is 2.05 bits per heavy atom. The lowest BCUT2D eigenvalue weighted by atomic mass is 10.1. The third-order valence-corrected chi connectivity index (χ3v) is 5.39. The predicted octanol–water partition coefficient (Wildman–Crippen LogP) is 4.59. The van der Waals surface area contributed by atoms with Crippen molar-refractivity contribution in [2.24, 2.45) is 0 Å². The molecule has 1 unspecified atom stereocenters. The molecule has 0 bridgehead atoms. The number of amides is 1. The molecule has 108 valence electrons. The van der Waals surface area contributed by atoms with Crippen LogP contribution in [0.4, 0.5) is 0 Å². The first-order valence-electron chi connectivity index (χ1n) is 6.88. The Morgan fingerprint density at radius 1 is 1.29 bits per heavy atom. The SMILES string of the molecule is CC1c2ccccc2CN1C(=O)Cc1c(Cl)cccc1I. The van der Waals surface area contributed by atoms with Gasteiger partial charge in [-0.2, -0.15) is 0 Å². The number of rotatable bonds is 2. The fourth-order valence-electron chi connectivity index (χ4n) is 2.83. The number of halogens is 2. The van der Waals surface area contributed by atoms with E-state index in [1.807, 2.05) is 35.2 Å². The molecule has 1 atom stereocenters. The summed E-state index contributed by atoms with van der Waals surface area (Å²) in [6.45, 7) is 2.78. The van der Waals surface area contributed by atoms with E-state index in [2.05, 4.69) is 41.6 Å². The predicted molar refractivity (Wildman–Crippen MR) is 93.3 cm³/mol. The van der Waals surface area contributed by atoms with E-state index < -0.39 is 0 Å². The first-order chi connectivity index (χ1) is 10.1. The van der Waals surface area contributed by atoms with Crippen LogP contribution in [0, 0.1) is 3.57 Å². The Morgan fingerprint density at radius 3 is 2.76 bits per heavy atom. The quantitative estimate of drug-likeness (QED) is 0.662. The molecule has 0 saturated heterocycles. The molecule has 21 heavy (non-hydrogen) atoms. The normalized spacial score (nSPS) is 16.9. The van der Waals surface area contributed by atoms with Crippen molar-refractivity contribution in [1.29, 1.82) is 0 Å². The van der Waals surface area contributed by atoms with Crippen molar-refractivity contribution in [2.75, 3.05) is 0 Å². The molecule has 0 N–H and O–H groups in total. The molecule has 1 heterocycles. The lowest BCUT2D eigenvalue weighted by molar-refractivity contribution is -0.132. The van der Waals surface area contributed by atoms with Crippen molar-refractivity contribution in [3.8, 4) is 0 Å². The van der Waals surface area contributed by atoms with Crippen LogP contribution in [0.25, 0.3) is 0 Å². The van der Waals surface area contributed by atoms with Crippen LogP contribution in [0.15, 0.2) is 42.5 Å². The highest BCUT2D eigenvalue weighted by atomic mass is 127. The van der Waals surface area contributed by atoms with Gasteiger partial charge in [0.25, 0.3) is 0 Å². The zero-order valence-electron chi connectivity index (χ0n) is 11.6. The summed E-state index contributed by atoms with van der Waals surface area (Å²) in [6, 6.07) is 14.1. The molecule has 1 amide bonds. The molecule has 0 aromatic heterocycles. The van der Waals surface area contributed by atoms with Crippen LogP contribution in [-0.4, -0.2) is 10.8 Å². The minimum absolute atomic E-state index is 0.129. The third-order valence-electron chi connectivity index (χ3n) is 4.02. The number of fused-ring (bicyclic) bond motifs is 1. The molecule has 0 spiro atoms. The van der Waals surface area contributed by atoms with Gasteiger partial charge in [-0.15, -0.1) is 0 Å². The van der Waals surface area contributed by atoms with Crippen molar-refractivity contribution >= 4 is 40.1 Å². The van der Waals surface area contributed by atoms with Gasteiger partial charge in [0.1, 0.15) is 0 Å². The van der Waals surface area contributed by atoms with E-state index in [1.165, 1.54) is 11.1 Å². The molecule has 0 saturated carbocycles. The van der Waals surface area contributed by atoms with Gasteiger partial charge in [-0.3, -0.25) is 4.79 Å². The van der Waals surface area contributed by atoms with Crippen LogP contribution in [-0.2, 0) is 17.8 Å². The minimum Gasteiger partial charge on any atom is -0.331 e. The summed E-state index contributed by atoms with van der Waals surface area (Å²) >= 11 is 8.46. The summed E-state index contributed by atoms with van der Waals surface area (Å²) in [5.74, 6) is 0.129. The molecule has 0 radical (unpaired) electrons. The Bertz CT molecular complexity index is 681. The summed E-state index contributed by atoms with van der Waals surface area (Å²) in [5.41, 5.74) is 3.42. The van der Waals surface area contributed by atoms with Gasteiger partial charge in [0.2, 0.25) is 5.91 Å². The Kier molecular flexibility index (Phi) is 4.22. The van der Waals surface area contributed by atoms with Gasteiger partial charge in [-0.05, 0) is 58.3 Å². The Balaban J connectivity index is 1.82. The average Bonchev–Trinajstić information content (AvgIpc) is 2.81. The molecule has 2 nitrogen and oxygen atoms in total. The fraction of sp³-hybridized carbons (Fsp3) is 0.235. The van der Waals surface area contributed by atoms with E-state index >= 15 is 0 Å². The second-order valence-electron chi connectivity index (χ2n) is 5.27. The van der Waals surface area contributed by atoms with Gasteiger partial charge in [0, 0.05) is 15.1 Å². The number of carbonyl (C=O) groups is 1. The van der Waals surface area contributed by atoms with Gasteiger partial charge in [0.05, 0.1) is 12.5 Å². The molecule has 3 rings (SSSR count). The molecular weight excluding hydrogens is 397 g/mol. The fourth-order valence-corrected chi connectivity index (χ4v) is 3.92. The molecule has 0 aliphatic carbocycles. The van der Waals surface area contributed by atoms with Gasteiger partial charge in [-0.25, -0.2) is 0 Å². The molecule has 1 aliphatic rings. The number of nitrogens with zero attached hydrogens (tertiary/aromatic N) is 1. The molecule has 0 fully saturated rings. The summed E-state index contributed by atoms with van der Waals surface area (Å²) in [4.78, 5) is 14.6. The van der Waals surface area contributed by atoms with Crippen molar-refractivity contribution in [3.63, 3.8) is 0 Å². The second kappa shape index (κ2) is 5.97. The number of hydrogen-bond donors (Lipinski definition) is 0.